The van der Waals surface area contributed by atoms with Gasteiger partial charge in [0.05, 0.1) is 25.4 Å². The number of amides is 1. The Bertz CT molecular complexity index is 1920. The lowest BCUT2D eigenvalue weighted by Crippen LogP contribution is -2.61. The molecule has 8 atom stereocenters. The van der Waals surface area contributed by atoms with Crippen molar-refractivity contribution in [3.05, 3.63) is 122 Å². The Kier molecular flexibility index (Phi) is 59.9. The summed E-state index contributed by atoms with van der Waals surface area (Å²) in [6.45, 7) is 5.65. The van der Waals surface area contributed by atoms with Crippen LogP contribution in [0, 0.1) is 0 Å². The van der Waals surface area contributed by atoms with Crippen LogP contribution in [0.4, 0.5) is 0 Å². The molecule has 1 aliphatic rings. The average molecular weight is 1240 g/mol. The summed E-state index contributed by atoms with van der Waals surface area (Å²) < 4.78 is 17.7. The van der Waals surface area contributed by atoms with Gasteiger partial charge in [0.1, 0.15) is 24.4 Å². The quantitative estimate of drug-likeness (QED) is 0.0195. The van der Waals surface area contributed by atoms with Crippen LogP contribution in [0.1, 0.15) is 297 Å². The first-order valence-corrected chi connectivity index (χ1v) is 36.3. The molecule has 8 unspecified atom stereocenters. The van der Waals surface area contributed by atoms with Crippen molar-refractivity contribution in [2.75, 3.05) is 13.2 Å². The van der Waals surface area contributed by atoms with Crippen molar-refractivity contribution >= 4 is 11.9 Å². The van der Waals surface area contributed by atoms with Crippen LogP contribution >= 0.6 is 0 Å². The molecule has 11 heteroatoms. The molecule has 1 amide bonds. The molecule has 0 aliphatic carbocycles. The smallest absolute Gasteiger partial charge is 0.306 e. The van der Waals surface area contributed by atoms with Crippen LogP contribution in [0.2, 0.25) is 0 Å². The van der Waals surface area contributed by atoms with Gasteiger partial charge in [-0.2, -0.15) is 0 Å². The Morgan fingerprint density at radius 3 is 1.24 bits per heavy atom. The molecular weight excluding hydrogens is 1110 g/mol. The molecular formula is C78H133NO10. The minimum absolute atomic E-state index is 0.106. The van der Waals surface area contributed by atoms with Gasteiger partial charge in [-0.1, -0.05) is 296 Å². The van der Waals surface area contributed by atoms with Gasteiger partial charge in [-0.3, -0.25) is 9.59 Å². The van der Waals surface area contributed by atoms with Crippen molar-refractivity contribution in [2.45, 2.75) is 346 Å². The molecule has 1 heterocycles. The van der Waals surface area contributed by atoms with E-state index in [9.17, 15) is 35.1 Å². The SMILES string of the molecule is CC/C=C\C/C=C\C/C=C\C/C=C\C/C=C\CCCCCCCCCCCCC(O)C(=O)NC(COC1OC(CO)C(O)C(O)C1OC(=O)CCCCCCCCC/C=C\C/C=C\C/C=C\C/C=C\CCCCC)C(O)/C=C/CCCCCCCCCCC. The number of aliphatic hydroxyl groups is 5. The number of carbonyl (C=O) groups excluding carboxylic acids is 2. The highest BCUT2D eigenvalue weighted by molar-refractivity contribution is 5.80. The second kappa shape index (κ2) is 64.2. The van der Waals surface area contributed by atoms with E-state index in [0.29, 0.717) is 12.8 Å². The van der Waals surface area contributed by atoms with Gasteiger partial charge in [-0.25, -0.2) is 0 Å². The van der Waals surface area contributed by atoms with E-state index >= 15 is 0 Å². The molecule has 0 aromatic heterocycles. The average Bonchev–Trinajstić information content (AvgIpc) is 2.45. The third-order valence-corrected chi connectivity index (χ3v) is 16.3. The molecule has 0 aromatic carbocycles. The predicted octanol–water partition coefficient (Wildman–Crippen LogP) is 19.0. The van der Waals surface area contributed by atoms with Crippen molar-refractivity contribution < 1.29 is 49.3 Å². The lowest BCUT2D eigenvalue weighted by atomic mass is 9.99. The van der Waals surface area contributed by atoms with Gasteiger partial charge < -0.3 is 45.1 Å². The van der Waals surface area contributed by atoms with Gasteiger partial charge in [0.25, 0.3) is 0 Å². The van der Waals surface area contributed by atoms with Crippen molar-refractivity contribution in [3.63, 3.8) is 0 Å². The first-order chi connectivity index (χ1) is 43.7. The highest BCUT2D eigenvalue weighted by atomic mass is 16.7. The van der Waals surface area contributed by atoms with Gasteiger partial charge in [0.2, 0.25) is 5.91 Å². The largest absolute Gasteiger partial charge is 0.454 e. The predicted molar refractivity (Wildman–Crippen MR) is 374 cm³/mol. The molecule has 11 nitrogen and oxygen atoms in total. The highest BCUT2D eigenvalue weighted by Gasteiger charge is 2.47. The summed E-state index contributed by atoms with van der Waals surface area (Å²) >= 11 is 0. The molecule has 0 aromatic rings. The minimum Gasteiger partial charge on any atom is -0.454 e. The summed E-state index contributed by atoms with van der Waals surface area (Å²) in [7, 11) is 0. The number of ether oxygens (including phenoxy) is 3. The van der Waals surface area contributed by atoms with Crippen molar-refractivity contribution in [1.82, 2.24) is 5.32 Å². The molecule has 1 fully saturated rings. The third kappa shape index (κ3) is 51.3. The summed E-state index contributed by atoms with van der Waals surface area (Å²) in [5.41, 5.74) is 0. The standard InChI is InChI=1S/C78H133NO10/c1-4-7-10-13-16-19-22-24-26-28-30-32-34-35-36-38-39-41-43-45-47-50-53-56-59-62-65-71(82)77(86)79-69(70(81)64-61-58-55-52-49-21-18-15-12-9-6-3)68-87-78-76(75(85)74(84)72(67-80)88-78)89-73(83)66-63-60-57-54-51-48-46-44-42-40-37-33-31-29-27-25-23-20-17-14-11-8-5-2/h7,10,16-17,19-20,24-27,30-33,35-36,40,42,61,64,69-72,74-76,78,80-82,84-85H,4-6,8-9,11-15,18,21-23,28-29,34,37-39,41,43-60,62-63,65-68H2,1-3H3,(H,79,86)/b10-7-,19-16-,20-17-,26-24-,27-25-,32-30-,33-31-,36-35-,42-40-,64-61+. The van der Waals surface area contributed by atoms with Crippen LogP contribution in [0.5, 0.6) is 0 Å². The maximum Gasteiger partial charge on any atom is 0.306 e. The van der Waals surface area contributed by atoms with E-state index in [1.807, 2.05) is 6.08 Å². The normalized spacial score (nSPS) is 18.9. The van der Waals surface area contributed by atoms with Crippen LogP contribution < -0.4 is 5.32 Å². The molecule has 1 rings (SSSR count). The van der Waals surface area contributed by atoms with E-state index in [1.165, 1.54) is 103 Å². The van der Waals surface area contributed by atoms with E-state index < -0.39 is 67.4 Å². The van der Waals surface area contributed by atoms with Gasteiger partial charge in [0, 0.05) is 6.42 Å². The Morgan fingerprint density at radius 2 is 0.809 bits per heavy atom. The van der Waals surface area contributed by atoms with Crippen molar-refractivity contribution in [1.29, 1.82) is 0 Å². The number of unbranched alkanes of at least 4 members (excludes halogenated alkanes) is 29. The molecule has 0 saturated carbocycles. The van der Waals surface area contributed by atoms with Gasteiger partial charge >= 0.3 is 5.97 Å². The monoisotopic (exact) mass is 1240 g/mol. The van der Waals surface area contributed by atoms with E-state index in [4.69, 9.17) is 14.2 Å². The Balaban J connectivity index is 2.56. The zero-order chi connectivity index (χ0) is 64.6. The Morgan fingerprint density at radius 1 is 0.449 bits per heavy atom. The molecule has 1 aliphatic heterocycles. The van der Waals surface area contributed by atoms with Crippen LogP contribution in [-0.4, -0.2) is 99.6 Å². The lowest BCUT2D eigenvalue weighted by molar-refractivity contribution is -0.305. The minimum atomic E-state index is -1.63. The fourth-order valence-electron chi connectivity index (χ4n) is 10.7. The number of hydrogen-bond donors (Lipinski definition) is 6. The molecule has 0 bridgehead atoms. The van der Waals surface area contributed by atoms with Gasteiger partial charge in [-0.15, -0.1) is 0 Å². The second-order valence-electron chi connectivity index (χ2n) is 24.6. The van der Waals surface area contributed by atoms with Crippen molar-refractivity contribution in [3.8, 4) is 0 Å². The summed E-state index contributed by atoms with van der Waals surface area (Å²) in [5, 5.41) is 57.3. The molecule has 89 heavy (non-hydrogen) atoms. The second-order valence-corrected chi connectivity index (χ2v) is 24.6. The fourth-order valence-corrected chi connectivity index (χ4v) is 10.7. The number of esters is 1. The number of allylic oxidation sites excluding steroid dienone is 19. The van der Waals surface area contributed by atoms with E-state index in [1.54, 1.807) is 6.08 Å². The van der Waals surface area contributed by atoms with Crippen LogP contribution in [0.15, 0.2) is 122 Å². The molecule has 0 spiro atoms. The van der Waals surface area contributed by atoms with Crippen LogP contribution in [0.25, 0.3) is 0 Å². The Hall–Kier alpha value is -3.94. The van der Waals surface area contributed by atoms with Crippen LogP contribution in [-0.2, 0) is 23.8 Å². The van der Waals surface area contributed by atoms with Gasteiger partial charge in [-0.05, 0) is 116 Å². The fraction of sp³-hybridized carbons (Fsp3) is 0.718. The maximum absolute atomic E-state index is 13.5. The van der Waals surface area contributed by atoms with E-state index in [2.05, 4.69) is 135 Å². The number of carbonyl (C=O) groups is 2. The Labute approximate surface area is 544 Å². The first kappa shape index (κ1) is 83.1. The highest BCUT2D eigenvalue weighted by Crippen LogP contribution is 2.26. The van der Waals surface area contributed by atoms with E-state index in [-0.39, 0.29) is 19.4 Å². The summed E-state index contributed by atoms with van der Waals surface area (Å²) in [6.07, 6.45) is 79.5. The van der Waals surface area contributed by atoms with E-state index in [0.717, 1.165) is 148 Å². The topological polar surface area (TPSA) is 175 Å². The van der Waals surface area contributed by atoms with Gasteiger partial charge in [0.15, 0.2) is 12.4 Å². The summed E-state index contributed by atoms with van der Waals surface area (Å²) in [5.74, 6) is -1.21. The number of rotatable bonds is 61. The first-order valence-electron chi connectivity index (χ1n) is 36.3. The summed E-state index contributed by atoms with van der Waals surface area (Å²) in [6, 6.07) is -1.04. The lowest BCUT2D eigenvalue weighted by Gasteiger charge is -2.41. The molecule has 0 radical (unpaired) electrons. The zero-order valence-electron chi connectivity index (χ0n) is 56.8. The molecule has 510 valence electrons. The maximum atomic E-state index is 13.5. The van der Waals surface area contributed by atoms with Crippen LogP contribution in [0.3, 0.4) is 0 Å². The number of nitrogens with one attached hydrogen (secondary N) is 1. The molecule has 6 N–H and O–H groups in total. The van der Waals surface area contributed by atoms with Crippen molar-refractivity contribution in [2.24, 2.45) is 0 Å². The number of hydrogen-bond acceptors (Lipinski definition) is 10. The molecule has 1 saturated heterocycles. The zero-order valence-corrected chi connectivity index (χ0v) is 56.8. The third-order valence-electron chi connectivity index (χ3n) is 16.3. The number of aliphatic hydroxyl groups excluding tert-OH is 5. The summed E-state index contributed by atoms with van der Waals surface area (Å²) in [4.78, 5) is 26.7.